The molecule has 74 valence electrons. The van der Waals surface area contributed by atoms with Gasteiger partial charge >= 0.3 is 4.61 Å². The summed E-state index contributed by atoms with van der Waals surface area (Å²) in [6.45, 7) is 0. The maximum Gasteiger partial charge on any atom is 0.311 e. The third kappa shape index (κ3) is 2.56. The molecule has 0 atom stereocenters. The Bertz CT molecular complexity index is 376. The number of rotatable bonds is 3. The second-order valence-corrected chi connectivity index (χ2v) is 3.28. The first kappa shape index (κ1) is 10.7. The van der Waals surface area contributed by atoms with E-state index >= 15 is 0 Å². The molecule has 0 heterocycles. The van der Waals surface area contributed by atoms with Crippen molar-refractivity contribution in [2.75, 3.05) is 7.11 Å². The number of hydrogen-bond donors (Lipinski definition) is 0. The van der Waals surface area contributed by atoms with Crippen molar-refractivity contribution in [2.24, 2.45) is 0 Å². The summed E-state index contributed by atoms with van der Waals surface area (Å²) in [6, 6.07) is 7.07. The summed E-state index contributed by atoms with van der Waals surface area (Å²) in [5.41, 5.74) is 0.665. The first-order valence-corrected chi connectivity index (χ1v) is 4.59. The van der Waals surface area contributed by atoms with Crippen LogP contribution >= 0.6 is 15.9 Å². The molecular weight excluding hydrogens is 250 g/mol. The molecule has 1 aromatic rings. The van der Waals surface area contributed by atoms with Gasteiger partial charge in [0.05, 0.1) is 12.0 Å². The number of hydrogen-bond acceptors (Lipinski definition) is 3. The minimum absolute atomic E-state index is 0.0954. The molecule has 0 bridgehead atoms. The van der Waals surface area contributed by atoms with Gasteiger partial charge in [-0.1, -0.05) is 18.2 Å². The van der Waals surface area contributed by atoms with Gasteiger partial charge in [0.2, 0.25) is 0 Å². The smallest absolute Gasteiger partial charge is 0.311 e. The highest BCUT2D eigenvalue weighted by Gasteiger charge is 2.07. The van der Waals surface area contributed by atoms with E-state index in [2.05, 4.69) is 15.9 Å². The van der Waals surface area contributed by atoms with Gasteiger partial charge in [-0.15, -0.1) is 0 Å². The fourth-order valence-electron chi connectivity index (χ4n) is 0.967. The standard InChI is InChI=1S/C9H8BrNO3/c1-14-8-5-3-2-4-7(8)6-9(10)11(12)13/h2-6H,1H3/b9-6-. The summed E-state index contributed by atoms with van der Waals surface area (Å²) in [7, 11) is 1.52. The fraction of sp³-hybridized carbons (Fsp3) is 0.111. The molecule has 0 unspecified atom stereocenters. The van der Waals surface area contributed by atoms with E-state index in [1.807, 2.05) is 0 Å². The normalized spacial score (nSPS) is 11.1. The molecule has 0 radical (unpaired) electrons. The Balaban J connectivity index is 3.07. The highest BCUT2D eigenvalue weighted by atomic mass is 79.9. The molecule has 0 spiro atoms. The largest absolute Gasteiger partial charge is 0.496 e. The van der Waals surface area contributed by atoms with Crippen LogP contribution in [-0.2, 0) is 0 Å². The zero-order valence-electron chi connectivity index (χ0n) is 7.44. The van der Waals surface area contributed by atoms with Crippen LogP contribution in [0.1, 0.15) is 5.56 Å². The highest BCUT2D eigenvalue weighted by Crippen LogP contribution is 2.22. The van der Waals surface area contributed by atoms with Gasteiger partial charge in [0.25, 0.3) is 0 Å². The van der Waals surface area contributed by atoms with Gasteiger partial charge in [-0.05, 0) is 6.07 Å². The van der Waals surface area contributed by atoms with Gasteiger partial charge in [0.1, 0.15) is 5.75 Å². The number of halogens is 1. The number of methoxy groups -OCH3 is 1. The van der Waals surface area contributed by atoms with E-state index in [9.17, 15) is 10.1 Å². The summed E-state index contributed by atoms with van der Waals surface area (Å²) in [5.74, 6) is 0.603. The van der Waals surface area contributed by atoms with Gasteiger partial charge < -0.3 is 4.74 Å². The minimum Gasteiger partial charge on any atom is -0.496 e. The zero-order chi connectivity index (χ0) is 10.6. The summed E-state index contributed by atoms with van der Waals surface area (Å²) < 4.78 is 4.94. The van der Waals surface area contributed by atoms with E-state index in [4.69, 9.17) is 4.74 Å². The molecule has 0 aliphatic rings. The molecule has 4 nitrogen and oxygen atoms in total. The van der Waals surface area contributed by atoms with E-state index in [1.165, 1.54) is 13.2 Å². The molecule has 0 fully saturated rings. The third-order valence-electron chi connectivity index (χ3n) is 1.59. The second-order valence-electron chi connectivity index (χ2n) is 2.47. The van der Waals surface area contributed by atoms with Crippen LogP contribution in [0.5, 0.6) is 5.75 Å². The SMILES string of the molecule is COc1ccccc1/C=C(/Br)[N+](=O)[O-]. The molecular formula is C9H8BrNO3. The van der Waals surface area contributed by atoms with Crippen LogP contribution in [0.4, 0.5) is 0 Å². The van der Waals surface area contributed by atoms with E-state index in [-0.39, 0.29) is 4.61 Å². The summed E-state index contributed by atoms with van der Waals surface area (Å²) >= 11 is 2.85. The van der Waals surface area contributed by atoms with Gasteiger partial charge in [-0.25, -0.2) is 0 Å². The summed E-state index contributed by atoms with van der Waals surface area (Å²) in [6.07, 6.45) is 1.40. The van der Waals surface area contributed by atoms with Crippen molar-refractivity contribution in [3.63, 3.8) is 0 Å². The Morgan fingerprint density at radius 1 is 1.57 bits per heavy atom. The van der Waals surface area contributed by atoms with E-state index in [1.54, 1.807) is 24.3 Å². The third-order valence-corrected chi connectivity index (χ3v) is 2.11. The van der Waals surface area contributed by atoms with Crippen LogP contribution in [-0.4, -0.2) is 12.0 Å². The number of benzene rings is 1. The molecule has 5 heteroatoms. The summed E-state index contributed by atoms with van der Waals surface area (Å²) in [4.78, 5) is 9.85. The van der Waals surface area contributed by atoms with Crippen LogP contribution in [0, 0.1) is 10.1 Å². The lowest BCUT2D eigenvalue weighted by Gasteiger charge is -2.02. The fourth-order valence-corrected chi connectivity index (χ4v) is 1.21. The molecule has 0 N–H and O–H groups in total. The predicted molar refractivity (Wildman–Crippen MR) is 56.9 cm³/mol. The molecule has 0 aromatic heterocycles. The second kappa shape index (κ2) is 4.76. The van der Waals surface area contributed by atoms with E-state index in [0.717, 1.165) is 0 Å². The van der Waals surface area contributed by atoms with Crippen molar-refractivity contribution in [3.8, 4) is 5.75 Å². The molecule has 0 saturated heterocycles. The Morgan fingerprint density at radius 2 is 2.21 bits per heavy atom. The average molecular weight is 258 g/mol. The van der Waals surface area contributed by atoms with E-state index < -0.39 is 4.92 Å². The monoisotopic (exact) mass is 257 g/mol. The van der Waals surface area contributed by atoms with Gasteiger partial charge in [0, 0.05) is 27.6 Å². The number of para-hydroxylation sites is 1. The molecule has 1 rings (SSSR count). The maximum absolute atomic E-state index is 10.4. The van der Waals surface area contributed by atoms with Crippen LogP contribution in [0.2, 0.25) is 0 Å². The lowest BCUT2D eigenvalue weighted by atomic mass is 10.2. The summed E-state index contributed by atoms with van der Waals surface area (Å²) in [5, 5.41) is 10.4. The number of nitro groups is 1. The Hall–Kier alpha value is -1.36. The van der Waals surface area contributed by atoms with Gasteiger partial charge in [0.15, 0.2) is 0 Å². The molecule has 0 saturated carbocycles. The zero-order valence-corrected chi connectivity index (χ0v) is 9.02. The van der Waals surface area contributed by atoms with Crippen molar-refractivity contribution in [2.45, 2.75) is 0 Å². The molecule has 0 amide bonds. The molecule has 0 aliphatic carbocycles. The number of ether oxygens (including phenoxy) is 1. The Labute approximate surface area is 89.5 Å². The van der Waals surface area contributed by atoms with Crippen molar-refractivity contribution in [1.29, 1.82) is 0 Å². The average Bonchev–Trinajstić information content (AvgIpc) is 2.18. The quantitative estimate of drug-likeness (QED) is 0.475. The highest BCUT2D eigenvalue weighted by molar-refractivity contribution is 9.11. The van der Waals surface area contributed by atoms with Gasteiger partial charge in [-0.2, -0.15) is 0 Å². The van der Waals surface area contributed by atoms with Crippen LogP contribution in [0.3, 0.4) is 0 Å². The molecule has 0 aliphatic heterocycles. The van der Waals surface area contributed by atoms with Crippen molar-refractivity contribution < 1.29 is 9.66 Å². The van der Waals surface area contributed by atoms with Crippen molar-refractivity contribution in [1.82, 2.24) is 0 Å². The minimum atomic E-state index is -0.508. The first-order valence-electron chi connectivity index (χ1n) is 3.79. The lowest BCUT2D eigenvalue weighted by molar-refractivity contribution is -0.407. The molecule has 14 heavy (non-hydrogen) atoms. The number of nitrogens with zero attached hydrogens (tertiary/aromatic N) is 1. The predicted octanol–water partition coefficient (Wildman–Crippen LogP) is 2.67. The van der Waals surface area contributed by atoms with Crippen molar-refractivity contribution >= 4 is 22.0 Å². The Kier molecular flexibility index (Phi) is 3.64. The van der Waals surface area contributed by atoms with E-state index in [0.29, 0.717) is 11.3 Å². The van der Waals surface area contributed by atoms with Crippen LogP contribution < -0.4 is 4.74 Å². The Morgan fingerprint density at radius 3 is 2.79 bits per heavy atom. The van der Waals surface area contributed by atoms with Gasteiger partial charge in [-0.3, -0.25) is 10.1 Å². The van der Waals surface area contributed by atoms with Crippen LogP contribution in [0.25, 0.3) is 6.08 Å². The van der Waals surface area contributed by atoms with Crippen molar-refractivity contribution in [3.05, 3.63) is 44.5 Å². The maximum atomic E-state index is 10.4. The lowest BCUT2D eigenvalue weighted by Crippen LogP contribution is -1.91. The topological polar surface area (TPSA) is 52.4 Å². The first-order chi connectivity index (χ1) is 6.65. The molecule has 1 aromatic carbocycles. The van der Waals surface area contributed by atoms with Crippen LogP contribution in [0.15, 0.2) is 28.9 Å².